The molecule has 0 unspecified atom stereocenters. The van der Waals surface area contributed by atoms with Crippen LogP contribution in [0.5, 0.6) is 0 Å². The second kappa shape index (κ2) is 21.1. The fourth-order valence-corrected chi connectivity index (χ4v) is 7.85. The van der Waals surface area contributed by atoms with Crippen LogP contribution in [-0.4, -0.2) is 77.9 Å². The highest BCUT2D eigenvalue weighted by Gasteiger charge is 2.38. The van der Waals surface area contributed by atoms with Gasteiger partial charge in [0.15, 0.2) is 0 Å². The maximum absolute atomic E-state index is 11.7. The van der Waals surface area contributed by atoms with Gasteiger partial charge in [-0.1, -0.05) is 90.4 Å². The SMILES string of the molecule is CCCCCCCCCC[C@@H]1O[C@H]([C@@H]2CC[C@@H]([C@@H]3CC[C@@H](CCCCCCC[C@@H](O)CC4=C[C@H](C)OC4=O)O3)OCO2)CC[C@H]1O. The third-order valence-electron chi connectivity index (χ3n) is 10.6. The van der Waals surface area contributed by atoms with Gasteiger partial charge in [0.1, 0.15) is 12.9 Å². The molecule has 0 aliphatic carbocycles. The van der Waals surface area contributed by atoms with E-state index in [0.717, 1.165) is 89.9 Å². The normalized spacial score (nSPS) is 32.7. The summed E-state index contributed by atoms with van der Waals surface area (Å²) in [4.78, 5) is 11.7. The van der Waals surface area contributed by atoms with Crippen molar-refractivity contribution in [2.45, 2.75) is 216 Å². The summed E-state index contributed by atoms with van der Waals surface area (Å²) in [5.74, 6) is -0.279. The monoisotopic (exact) mass is 650 g/mol. The summed E-state index contributed by atoms with van der Waals surface area (Å²) in [6.07, 6.45) is 26.1. The van der Waals surface area contributed by atoms with Gasteiger partial charge in [0.2, 0.25) is 0 Å². The summed E-state index contributed by atoms with van der Waals surface area (Å²) in [7, 11) is 0. The average molecular weight is 651 g/mol. The predicted octanol–water partition coefficient (Wildman–Crippen LogP) is 7.85. The number of unbranched alkanes of at least 4 members (excludes halogenated alkanes) is 11. The first-order chi connectivity index (χ1) is 22.4. The molecule has 0 bridgehead atoms. The summed E-state index contributed by atoms with van der Waals surface area (Å²) < 4.78 is 30.4. The van der Waals surface area contributed by atoms with Gasteiger partial charge in [0, 0.05) is 12.0 Å². The third kappa shape index (κ3) is 13.1. The maximum atomic E-state index is 11.7. The Balaban J connectivity index is 1.03. The van der Waals surface area contributed by atoms with Crippen LogP contribution in [0.2, 0.25) is 0 Å². The molecule has 8 nitrogen and oxygen atoms in total. The second-order valence-electron chi connectivity index (χ2n) is 14.6. The van der Waals surface area contributed by atoms with Gasteiger partial charge in [-0.25, -0.2) is 4.79 Å². The molecule has 4 rings (SSSR count). The van der Waals surface area contributed by atoms with Crippen molar-refractivity contribution in [3.63, 3.8) is 0 Å². The molecule has 9 atom stereocenters. The lowest BCUT2D eigenvalue weighted by Crippen LogP contribution is -2.44. The number of hydrogen-bond acceptors (Lipinski definition) is 8. The zero-order valence-electron chi connectivity index (χ0n) is 29.1. The first-order valence-electron chi connectivity index (χ1n) is 19.2. The molecule has 4 aliphatic heterocycles. The third-order valence-corrected chi connectivity index (χ3v) is 10.6. The van der Waals surface area contributed by atoms with Crippen LogP contribution in [0.4, 0.5) is 0 Å². The van der Waals surface area contributed by atoms with Crippen LogP contribution in [-0.2, 0) is 28.5 Å². The lowest BCUT2D eigenvalue weighted by molar-refractivity contribution is -0.188. The van der Waals surface area contributed by atoms with Crippen molar-refractivity contribution in [1.29, 1.82) is 0 Å². The van der Waals surface area contributed by atoms with Crippen LogP contribution in [0.1, 0.15) is 162 Å². The van der Waals surface area contributed by atoms with E-state index in [1.54, 1.807) is 0 Å². The van der Waals surface area contributed by atoms with E-state index in [1.807, 2.05) is 13.0 Å². The molecule has 3 saturated heterocycles. The number of aliphatic hydroxyl groups excluding tert-OH is 2. The van der Waals surface area contributed by atoms with Crippen LogP contribution in [0.15, 0.2) is 11.6 Å². The molecule has 266 valence electrons. The van der Waals surface area contributed by atoms with Gasteiger partial charge in [0.25, 0.3) is 0 Å². The van der Waals surface area contributed by atoms with Crippen molar-refractivity contribution >= 4 is 5.97 Å². The number of hydrogen-bond donors (Lipinski definition) is 2. The molecule has 46 heavy (non-hydrogen) atoms. The molecule has 4 aliphatic rings. The molecular weight excluding hydrogens is 584 g/mol. The Morgan fingerprint density at radius 2 is 1.33 bits per heavy atom. The van der Waals surface area contributed by atoms with Crippen LogP contribution < -0.4 is 0 Å². The van der Waals surface area contributed by atoms with Gasteiger partial charge in [-0.3, -0.25) is 0 Å². The number of rotatable bonds is 21. The molecule has 0 spiro atoms. The van der Waals surface area contributed by atoms with Gasteiger partial charge in [0.05, 0.1) is 48.8 Å². The van der Waals surface area contributed by atoms with Gasteiger partial charge in [-0.2, -0.15) is 0 Å². The van der Waals surface area contributed by atoms with E-state index in [-0.39, 0.29) is 48.7 Å². The molecule has 0 aromatic heterocycles. The lowest BCUT2D eigenvalue weighted by Gasteiger charge is -2.37. The summed E-state index contributed by atoms with van der Waals surface area (Å²) in [6.45, 7) is 4.40. The molecule has 2 N–H and O–H groups in total. The van der Waals surface area contributed by atoms with E-state index in [0.29, 0.717) is 24.9 Å². The van der Waals surface area contributed by atoms with Gasteiger partial charge in [-0.05, 0) is 70.8 Å². The number of ether oxygens (including phenoxy) is 5. The van der Waals surface area contributed by atoms with E-state index in [1.165, 1.54) is 51.4 Å². The topological polar surface area (TPSA) is 104 Å². The maximum Gasteiger partial charge on any atom is 0.334 e. The quantitative estimate of drug-likeness (QED) is 0.0957. The molecule has 0 aromatic carbocycles. The van der Waals surface area contributed by atoms with Crippen molar-refractivity contribution in [2.75, 3.05) is 6.79 Å². The molecule has 8 heteroatoms. The van der Waals surface area contributed by atoms with Crippen molar-refractivity contribution in [2.24, 2.45) is 0 Å². The predicted molar refractivity (Wildman–Crippen MR) is 179 cm³/mol. The summed E-state index contributed by atoms with van der Waals surface area (Å²) in [5, 5.41) is 20.9. The zero-order chi connectivity index (χ0) is 32.6. The molecule has 0 aromatic rings. The number of cyclic esters (lactones) is 1. The van der Waals surface area contributed by atoms with E-state index >= 15 is 0 Å². The van der Waals surface area contributed by atoms with Gasteiger partial charge < -0.3 is 33.9 Å². The van der Waals surface area contributed by atoms with Crippen LogP contribution >= 0.6 is 0 Å². The van der Waals surface area contributed by atoms with Crippen molar-refractivity contribution < 1.29 is 38.7 Å². The highest BCUT2D eigenvalue weighted by Crippen LogP contribution is 2.34. The zero-order valence-corrected chi connectivity index (χ0v) is 29.1. The average Bonchev–Trinajstić information content (AvgIpc) is 3.54. The summed E-state index contributed by atoms with van der Waals surface area (Å²) in [5.41, 5.74) is 0.619. The number of carbonyl (C=O) groups is 1. The number of carbonyl (C=O) groups excluding carboxylic acids is 1. The Labute approximate surface area is 279 Å². The Morgan fingerprint density at radius 1 is 0.739 bits per heavy atom. The van der Waals surface area contributed by atoms with Gasteiger partial charge in [-0.15, -0.1) is 0 Å². The van der Waals surface area contributed by atoms with Crippen molar-refractivity contribution in [3.8, 4) is 0 Å². The standard InChI is InChI=1S/C38H66O8/c1-3-4-5-6-7-8-12-15-18-33-32(40)20-22-37(46-33)35-24-23-34(42-27-43-35)36-21-19-31(45-36)17-14-11-9-10-13-16-30(39)26-29-25-28(2)44-38(29)41/h25,28,30-37,39-40H,3-24,26-27H2,1-2H3/t28-,30+,31+,32+,33-,34-,35-,36-,37-/m0/s1. The highest BCUT2D eigenvalue weighted by molar-refractivity contribution is 5.90. The van der Waals surface area contributed by atoms with E-state index in [2.05, 4.69) is 6.92 Å². The fourth-order valence-electron chi connectivity index (χ4n) is 7.85. The molecule has 0 saturated carbocycles. The first kappa shape index (κ1) is 37.8. The lowest BCUT2D eigenvalue weighted by atomic mass is 9.92. The molecule has 4 heterocycles. The van der Waals surface area contributed by atoms with Crippen molar-refractivity contribution in [3.05, 3.63) is 11.6 Å². The largest absolute Gasteiger partial charge is 0.455 e. The Morgan fingerprint density at radius 3 is 2.00 bits per heavy atom. The molecule has 0 radical (unpaired) electrons. The summed E-state index contributed by atoms with van der Waals surface area (Å²) >= 11 is 0. The van der Waals surface area contributed by atoms with Crippen LogP contribution in [0, 0.1) is 0 Å². The Bertz CT molecular complexity index is 879. The highest BCUT2D eigenvalue weighted by atomic mass is 16.7. The Kier molecular flexibility index (Phi) is 17.4. The van der Waals surface area contributed by atoms with E-state index in [9.17, 15) is 15.0 Å². The summed E-state index contributed by atoms with van der Waals surface area (Å²) in [6, 6.07) is 0. The minimum atomic E-state index is -0.468. The van der Waals surface area contributed by atoms with E-state index < -0.39 is 6.10 Å². The minimum absolute atomic E-state index is 0.0249. The molecular formula is C38H66O8. The molecule has 0 amide bonds. The minimum Gasteiger partial charge on any atom is -0.455 e. The van der Waals surface area contributed by atoms with Gasteiger partial charge >= 0.3 is 5.97 Å². The first-order valence-corrected chi connectivity index (χ1v) is 19.2. The van der Waals surface area contributed by atoms with Crippen LogP contribution in [0.25, 0.3) is 0 Å². The van der Waals surface area contributed by atoms with Crippen molar-refractivity contribution in [1.82, 2.24) is 0 Å². The fraction of sp³-hybridized carbons (Fsp3) is 0.921. The second-order valence-corrected chi connectivity index (χ2v) is 14.6. The van der Waals surface area contributed by atoms with E-state index in [4.69, 9.17) is 23.7 Å². The Hall–Kier alpha value is -1.03. The number of esters is 1. The van der Waals surface area contributed by atoms with Crippen LogP contribution in [0.3, 0.4) is 0 Å². The number of aliphatic hydroxyl groups is 2. The smallest absolute Gasteiger partial charge is 0.334 e. The molecule has 3 fully saturated rings.